The van der Waals surface area contributed by atoms with Gasteiger partial charge in [-0.1, -0.05) is 48.0 Å². The van der Waals surface area contributed by atoms with Crippen molar-refractivity contribution in [3.05, 3.63) is 70.9 Å². The number of aryl methyl sites for hydroxylation is 1. The molecule has 0 radical (unpaired) electrons. The van der Waals surface area contributed by atoms with Crippen molar-refractivity contribution in [2.45, 2.75) is 12.8 Å². The van der Waals surface area contributed by atoms with E-state index in [1.54, 1.807) is 6.07 Å². The monoisotopic (exact) mass is 380 g/mol. The van der Waals surface area contributed by atoms with Crippen molar-refractivity contribution in [2.75, 3.05) is 24.5 Å². The van der Waals surface area contributed by atoms with Crippen LogP contribution in [0.15, 0.2) is 54.6 Å². The van der Waals surface area contributed by atoms with Crippen molar-refractivity contribution in [2.24, 2.45) is 0 Å². The molecule has 0 aliphatic carbocycles. The number of nitrogens with one attached hydrogen (secondary N) is 2. The molecule has 1 amide bonds. The average molecular weight is 381 g/mol. The number of anilines is 1. The highest BCUT2D eigenvalue weighted by molar-refractivity contribution is 6.33. The molecule has 0 atom stereocenters. The quantitative estimate of drug-likeness (QED) is 0.705. The number of para-hydroxylation sites is 1. The van der Waals surface area contributed by atoms with Gasteiger partial charge < -0.3 is 10.2 Å². The number of hydrogen-bond donors (Lipinski definition) is 2. The minimum Gasteiger partial charge on any atom is -0.370 e. The first kappa shape index (κ1) is 17.6. The van der Waals surface area contributed by atoms with Crippen LogP contribution < -0.4 is 10.2 Å². The molecule has 1 aliphatic rings. The van der Waals surface area contributed by atoms with Gasteiger partial charge in [0, 0.05) is 30.9 Å². The van der Waals surface area contributed by atoms with Crippen molar-refractivity contribution in [1.29, 1.82) is 0 Å². The third-order valence-electron chi connectivity index (χ3n) is 4.85. The van der Waals surface area contributed by atoms with E-state index in [1.807, 2.05) is 24.3 Å². The van der Waals surface area contributed by atoms with Gasteiger partial charge in [0.2, 0.25) is 0 Å². The number of amides is 1. The number of aromatic nitrogens is 2. The molecule has 138 valence electrons. The number of H-pyrrole nitrogens is 1. The van der Waals surface area contributed by atoms with Crippen molar-refractivity contribution >= 4 is 23.2 Å². The number of benzene rings is 2. The van der Waals surface area contributed by atoms with Gasteiger partial charge in [-0.25, -0.2) is 0 Å². The first-order valence-electron chi connectivity index (χ1n) is 9.14. The lowest BCUT2D eigenvalue weighted by Crippen LogP contribution is -2.37. The molecule has 0 unspecified atom stereocenters. The van der Waals surface area contributed by atoms with Crippen LogP contribution in [0.3, 0.4) is 0 Å². The molecule has 2 heterocycles. The number of fused-ring (bicyclic) bond motifs is 1. The topological polar surface area (TPSA) is 61.0 Å². The number of aromatic amines is 1. The summed E-state index contributed by atoms with van der Waals surface area (Å²) in [4.78, 5) is 14.8. The molecule has 0 spiro atoms. The lowest BCUT2D eigenvalue weighted by atomic mass is 10.0. The van der Waals surface area contributed by atoms with Gasteiger partial charge >= 0.3 is 0 Å². The normalized spacial score (nSPS) is 13.3. The highest BCUT2D eigenvalue weighted by Crippen LogP contribution is 2.27. The summed E-state index contributed by atoms with van der Waals surface area (Å²) in [6, 6.07) is 17.7. The fraction of sp³-hybridized carbons (Fsp3) is 0.238. The van der Waals surface area contributed by atoms with E-state index < -0.39 is 0 Å². The van der Waals surface area contributed by atoms with E-state index in [-0.39, 0.29) is 5.91 Å². The van der Waals surface area contributed by atoms with Crippen molar-refractivity contribution in [3.63, 3.8) is 0 Å². The number of nitrogens with zero attached hydrogens (tertiary/aromatic N) is 2. The van der Waals surface area contributed by atoms with E-state index in [2.05, 4.69) is 44.7 Å². The van der Waals surface area contributed by atoms with E-state index >= 15 is 0 Å². The Morgan fingerprint density at radius 2 is 2.00 bits per heavy atom. The lowest BCUT2D eigenvalue weighted by Gasteiger charge is -2.31. The Morgan fingerprint density at radius 3 is 2.89 bits per heavy atom. The zero-order valence-electron chi connectivity index (χ0n) is 14.9. The second-order valence-corrected chi connectivity index (χ2v) is 7.03. The highest BCUT2D eigenvalue weighted by Gasteiger charge is 2.17. The first-order chi connectivity index (χ1) is 13.2. The maximum atomic E-state index is 12.4. The average Bonchev–Trinajstić information content (AvgIpc) is 3.18. The second kappa shape index (κ2) is 7.84. The third-order valence-corrected chi connectivity index (χ3v) is 5.18. The predicted molar refractivity (Wildman–Crippen MR) is 108 cm³/mol. The number of hydrogen-bond acceptors (Lipinski definition) is 3. The lowest BCUT2D eigenvalue weighted by molar-refractivity contribution is 0.0949. The molecule has 0 fully saturated rings. The molecule has 27 heavy (non-hydrogen) atoms. The Hall–Kier alpha value is -2.79. The Balaban J connectivity index is 1.36. The molecular weight excluding hydrogens is 360 g/mol. The summed E-state index contributed by atoms with van der Waals surface area (Å²) in [5.74, 6) is -0.161. The van der Waals surface area contributed by atoms with Crippen LogP contribution in [0.25, 0.3) is 11.3 Å². The Labute approximate surface area is 163 Å². The molecule has 1 aliphatic heterocycles. The number of rotatable bonds is 5. The largest absolute Gasteiger partial charge is 0.370 e. The molecule has 2 aromatic carbocycles. The van der Waals surface area contributed by atoms with Crippen molar-refractivity contribution in [1.82, 2.24) is 15.5 Å². The summed E-state index contributed by atoms with van der Waals surface area (Å²) in [6.07, 6.45) is 2.27. The summed E-state index contributed by atoms with van der Waals surface area (Å²) in [6.45, 7) is 2.38. The molecular formula is C21H21ClN4O. The first-order valence-corrected chi connectivity index (χ1v) is 9.51. The maximum Gasteiger partial charge on any atom is 0.269 e. The van der Waals surface area contributed by atoms with Gasteiger partial charge in [-0.2, -0.15) is 5.10 Å². The van der Waals surface area contributed by atoms with Crippen LogP contribution in [-0.2, 0) is 6.42 Å². The van der Waals surface area contributed by atoms with Gasteiger partial charge in [-0.3, -0.25) is 9.89 Å². The number of carbonyl (C=O) groups excluding carboxylic acids is 1. The Bertz CT molecular complexity index is 953. The third kappa shape index (κ3) is 3.83. The van der Waals surface area contributed by atoms with Gasteiger partial charge in [-0.15, -0.1) is 0 Å². The van der Waals surface area contributed by atoms with Crippen LogP contribution in [0.2, 0.25) is 5.02 Å². The van der Waals surface area contributed by atoms with Crippen LogP contribution >= 0.6 is 11.6 Å². The molecule has 3 aromatic rings. The van der Waals surface area contributed by atoms with Crippen molar-refractivity contribution in [3.8, 4) is 11.3 Å². The zero-order valence-corrected chi connectivity index (χ0v) is 15.7. The summed E-state index contributed by atoms with van der Waals surface area (Å²) in [7, 11) is 0. The number of carbonyl (C=O) groups is 1. The molecule has 6 heteroatoms. The van der Waals surface area contributed by atoms with E-state index in [1.165, 1.54) is 11.3 Å². The van der Waals surface area contributed by atoms with E-state index in [0.717, 1.165) is 31.5 Å². The summed E-state index contributed by atoms with van der Waals surface area (Å²) in [5, 5.41) is 10.6. The molecule has 0 bridgehead atoms. The zero-order chi connectivity index (χ0) is 18.6. The van der Waals surface area contributed by atoms with Crippen LogP contribution in [0.4, 0.5) is 5.69 Å². The minimum atomic E-state index is -0.161. The standard InChI is InChI=1S/C21H21ClN4O/c22-17-9-3-2-8-16(17)18-14-19(25-24-18)21(27)23-11-13-26-12-5-7-15-6-1-4-10-20(15)26/h1-4,6,8-10,14H,5,7,11-13H2,(H,23,27)(H,24,25). The summed E-state index contributed by atoms with van der Waals surface area (Å²) < 4.78 is 0. The van der Waals surface area contributed by atoms with Crippen LogP contribution in [0.5, 0.6) is 0 Å². The van der Waals surface area contributed by atoms with E-state index in [9.17, 15) is 4.79 Å². The highest BCUT2D eigenvalue weighted by atomic mass is 35.5. The molecule has 5 nitrogen and oxygen atoms in total. The maximum absolute atomic E-state index is 12.4. The molecule has 1 aromatic heterocycles. The molecule has 0 saturated heterocycles. The van der Waals surface area contributed by atoms with Crippen LogP contribution in [0, 0.1) is 0 Å². The fourth-order valence-corrected chi connectivity index (χ4v) is 3.72. The number of halogens is 1. The Kier molecular flexibility index (Phi) is 5.12. The van der Waals surface area contributed by atoms with Gasteiger partial charge in [-0.05, 0) is 36.6 Å². The summed E-state index contributed by atoms with van der Waals surface area (Å²) >= 11 is 6.20. The molecule has 2 N–H and O–H groups in total. The SMILES string of the molecule is O=C(NCCN1CCCc2ccccc21)c1cc(-c2ccccc2Cl)n[nH]1. The smallest absolute Gasteiger partial charge is 0.269 e. The molecule has 0 saturated carbocycles. The van der Waals surface area contributed by atoms with Gasteiger partial charge in [0.1, 0.15) is 5.69 Å². The minimum absolute atomic E-state index is 0.161. The van der Waals surface area contributed by atoms with Gasteiger partial charge in [0.25, 0.3) is 5.91 Å². The Morgan fingerprint density at radius 1 is 1.19 bits per heavy atom. The summed E-state index contributed by atoms with van der Waals surface area (Å²) in [5.41, 5.74) is 4.56. The predicted octanol–water partition coefficient (Wildman–Crippen LogP) is 3.91. The van der Waals surface area contributed by atoms with Crippen molar-refractivity contribution < 1.29 is 4.79 Å². The van der Waals surface area contributed by atoms with Crippen LogP contribution in [0.1, 0.15) is 22.5 Å². The fourth-order valence-electron chi connectivity index (χ4n) is 3.49. The van der Waals surface area contributed by atoms with Gasteiger partial charge in [0.05, 0.1) is 10.7 Å². The van der Waals surface area contributed by atoms with Crippen LogP contribution in [-0.4, -0.2) is 35.7 Å². The van der Waals surface area contributed by atoms with E-state index in [0.29, 0.717) is 23.0 Å². The van der Waals surface area contributed by atoms with E-state index in [4.69, 9.17) is 11.6 Å². The second-order valence-electron chi connectivity index (χ2n) is 6.62. The van der Waals surface area contributed by atoms with Gasteiger partial charge in [0.15, 0.2) is 0 Å². The molecule has 4 rings (SSSR count).